The van der Waals surface area contributed by atoms with E-state index in [9.17, 15) is 4.79 Å². The predicted molar refractivity (Wildman–Crippen MR) is 60.7 cm³/mol. The summed E-state index contributed by atoms with van der Waals surface area (Å²) in [5.41, 5.74) is 6.02. The maximum Gasteiger partial charge on any atom is 0.315 e. The van der Waals surface area contributed by atoms with Crippen LogP contribution in [0.5, 0.6) is 0 Å². The summed E-state index contributed by atoms with van der Waals surface area (Å²) in [6, 6.07) is 3.46. The van der Waals surface area contributed by atoms with Gasteiger partial charge in [0, 0.05) is 32.0 Å². The fourth-order valence-corrected chi connectivity index (χ4v) is 2.16. The van der Waals surface area contributed by atoms with Gasteiger partial charge in [-0.2, -0.15) is 0 Å². The van der Waals surface area contributed by atoms with E-state index in [2.05, 4.69) is 10.3 Å². The number of aromatic nitrogens is 1. The van der Waals surface area contributed by atoms with Gasteiger partial charge in [0.1, 0.15) is 0 Å². The zero-order valence-electron chi connectivity index (χ0n) is 9.31. The lowest BCUT2D eigenvalue weighted by molar-refractivity contribution is 0.105. The maximum atomic E-state index is 11.4. The van der Waals surface area contributed by atoms with Gasteiger partial charge >= 0.3 is 6.03 Å². The fourth-order valence-electron chi connectivity index (χ4n) is 2.16. The van der Waals surface area contributed by atoms with Crippen molar-refractivity contribution in [2.45, 2.75) is 12.5 Å². The minimum Gasteiger partial charge on any atom is -0.351 e. The number of rotatable bonds is 1. The highest BCUT2D eigenvalue weighted by atomic mass is 16.2. The second-order valence-electron chi connectivity index (χ2n) is 4.18. The normalized spacial score (nSPS) is 25.4. The van der Waals surface area contributed by atoms with Crippen LogP contribution in [-0.4, -0.2) is 35.5 Å². The number of nitrogens with two attached hydrogens (primary N) is 1. The average Bonchev–Trinajstić information content (AvgIpc) is 2.30. The number of nitrogens with zero attached hydrogens (tertiary/aromatic N) is 2. The second-order valence-corrected chi connectivity index (χ2v) is 4.18. The molecule has 1 aliphatic rings. The summed E-state index contributed by atoms with van der Waals surface area (Å²) in [5, 5.41) is 3.28. The third kappa shape index (κ3) is 1.74. The van der Waals surface area contributed by atoms with Crippen molar-refractivity contribution < 1.29 is 4.79 Å². The maximum absolute atomic E-state index is 11.4. The monoisotopic (exact) mass is 220 g/mol. The number of piperazine rings is 1. The number of carbonyl (C=O) groups excluding carboxylic acids is 1. The summed E-state index contributed by atoms with van der Waals surface area (Å²) in [7, 11) is 0. The van der Waals surface area contributed by atoms with Gasteiger partial charge in [-0.15, -0.1) is 0 Å². The Balaban J connectivity index is 2.37. The third-order valence-corrected chi connectivity index (χ3v) is 3.13. The summed E-state index contributed by atoms with van der Waals surface area (Å²) in [5.74, 6) is 0. The van der Waals surface area contributed by atoms with Crippen LogP contribution in [0.3, 0.4) is 0 Å². The Bertz CT molecular complexity index is 381. The Morgan fingerprint density at radius 3 is 3.12 bits per heavy atom. The van der Waals surface area contributed by atoms with Gasteiger partial charge in [0.05, 0.1) is 5.54 Å². The summed E-state index contributed by atoms with van der Waals surface area (Å²) in [6.45, 7) is 4.10. The molecule has 0 saturated carbocycles. The molecule has 1 aromatic heterocycles. The molecule has 0 aromatic carbocycles. The third-order valence-electron chi connectivity index (χ3n) is 3.13. The fraction of sp³-hybridized carbons (Fsp3) is 0.455. The van der Waals surface area contributed by atoms with Crippen molar-refractivity contribution in [3.63, 3.8) is 0 Å². The van der Waals surface area contributed by atoms with Gasteiger partial charge in [-0.3, -0.25) is 4.98 Å². The van der Waals surface area contributed by atoms with Gasteiger partial charge in [0.15, 0.2) is 0 Å². The van der Waals surface area contributed by atoms with Crippen molar-refractivity contribution in [2.24, 2.45) is 5.73 Å². The molecule has 2 amide bonds. The summed E-state index contributed by atoms with van der Waals surface area (Å²) < 4.78 is 0. The van der Waals surface area contributed by atoms with Crippen LogP contribution < -0.4 is 11.1 Å². The van der Waals surface area contributed by atoms with Gasteiger partial charge < -0.3 is 16.0 Å². The van der Waals surface area contributed by atoms with E-state index in [0.29, 0.717) is 13.1 Å². The van der Waals surface area contributed by atoms with Crippen LogP contribution in [-0.2, 0) is 5.54 Å². The lowest BCUT2D eigenvalue weighted by Gasteiger charge is -2.44. The average molecular weight is 220 g/mol. The van der Waals surface area contributed by atoms with Crippen molar-refractivity contribution in [2.75, 3.05) is 19.6 Å². The first kappa shape index (κ1) is 10.9. The molecule has 1 saturated heterocycles. The Hall–Kier alpha value is -1.62. The van der Waals surface area contributed by atoms with Crippen LogP contribution in [0.15, 0.2) is 24.5 Å². The molecule has 1 atom stereocenters. The van der Waals surface area contributed by atoms with Crippen molar-refractivity contribution in [3.8, 4) is 0 Å². The van der Waals surface area contributed by atoms with E-state index in [0.717, 1.165) is 12.1 Å². The zero-order chi connectivity index (χ0) is 11.6. The van der Waals surface area contributed by atoms with E-state index in [-0.39, 0.29) is 6.03 Å². The number of nitrogens with one attached hydrogen (secondary N) is 1. The molecule has 1 unspecified atom stereocenters. The largest absolute Gasteiger partial charge is 0.351 e. The number of carbonyl (C=O) groups is 1. The molecule has 1 aromatic rings. The number of amides is 2. The zero-order valence-corrected chi connectivity index (χ0v) is 9.31. The van der Waals surface area contributed by atoms with E-state index in [1.54, 1.807) is 17.3 Å². The summed E-state index contributed by atoms with van der Waals surface area (Å²) in [6.07, 6.45) is 3.50. The predicted octanol–water partition coefficient (Wildman–Crippen LogP) is 0.281. The molecule has 1 fully saturated rings. The molecule has 2 heterocycles. The Morgan fingerprint density at radius 1 is 1.69 bits per heavy atom. The van der Waals surface area contributed by atoms with E-state index < -0.39 is 5.54 Å². The molecule has 0 aliphatic carbocycles. The highest BCUT2D eigenvalue weighted by Crippen LogP contribution is 2.28. The summed E-state index contributed by atoms with van der Waals surface area (Å²) in [4.78, 5) is 17.2. The molecular weight excluding hydrogens is 204 g/mol. The second kappa shape index (κ2) is 4.09. The van der Waals surface area contributed by atoms with Gasteiger partial charge in [0.2, 0.25) is 0 Å². The molecule has 5 heteroatoms. The van der Waals surface area contributed by atoms with Crippen LogP contribution in [0.2, 0.25) is 0 Å². The Morgan fingerprint density at radius 2 is 2.50 bits per heavy atom. The van der Waals surface area contributed by atoms with E-state index in [1.807, 2.05) is 19.1 Å². The number of primary amides is 1. The molecule has 0 radical (unpaired) electrons. The first-order valence-electron chi connectivity index (χ1n) is 5.33. The topological polar surface area (TPSA) is 71.2 Å². The number of hydrogen-bond donors (Lipinski definition) is 2. The standard InChI is InChI=1S/C11H16N4O/c1-11(9-3-2-4-13-7-9)8-14-5-6-15(11)10(12)16/h2-4,7,14H,5-6,8H2,1H3,(H2,12,16). The smallest absolute Gasteiger partial charge is 0.315 e. The van der Waals surface area contributed by atoms with Crippen molar-refractivity contribution in [3.05, 3.63) is 30.1 Å². The van der Waals surface area contributed by atoms with E-state index >= 15 is 0 Å². The van der Waals surface area contributed by atoms with Gasteiger partial charge in [-0.25, -0.2) is 4.79 Å². The van der Waals surface area contributed by atoms with Crippen molar-refractivity contribution in [1.82, 2.24) is 15.2 Å². The van der Waals surface area contributed by atoms with Gasteiger partial charge in [0.25, 0.3) is 0 Å². The highest BCUT2D eigenvalue weighted by Gasteiger charge is 2.38. The molecule has 16 heavy (non-hydrogen) atoms. The van der Waals surface area contributed by atoms with Gasteiger partial charge in [-0.1, -0.05) is 6.07 Å². The number of pyridine rings is 1. The van der Waals surface area contributed by atoms with Crippen molar-refractivity contribution >= 4 is 6.03 Å². The minimum absolute atomic E-state index is 0.382. The number of hydrogen-bond acceptors (Lipinski definition) is 3. The van der Waals surface area contributed by atoms with E-state index in [1.165, 1.54) is 0 Å². The number of urea groups is 1. The van der Waals surface area contributed by atoms with Gasteiger partial charge in [-0.05, 0) is 18.6 Å². The highest BCUT2D eigenvalue weighted by molar-refractivity contribution is 5.73. The molecule has 1 aliphatic heterocycles. The SMILES string of the molecule is CC1(c2cccnc2)CNCCN1C(N)=O. The van der Waals surface area contributed by atoms with Crippen LogP contribution in [0, 0.1) is 0 Å². The van der Waals surface area contributed by atoms with Crippen LogP contribution >= 0.6 is 0 Å². The first-order valence-corrected chi connectivity index (χ1v) is 5.33. The Labute approximate surface area is 94.6 Å². The lowest BCUT2D eigenvalue weighted by atomic mass is 9.90. The molecule has 5 nitrogen and oxygen atoms in total. The van der Waals surface area contributed by atoms with Crippen LogP contribution in [0.4, 0.5) is 4.79 Å². The molecule has 0 bridgehead atoms. The van der Waals surface area contributed by atoms with E-state index in [4.69, 9.17) is 5.73 Å². The molecular formula is C11H16N4O. The lowest BCUT2D eigenvalue weighted by Crippen LogP contribution is -2.60. The molecule has 0 spiro atoms. The van der Waals surface area contributed by atoms with Crippen molar-refractivity contribution in [1.29, 1.82) is 0 Å². The quantitative estimate of drug-likeness (QED) is 0.714. The Kier molecular flexibility index (Phi) is 2.78. The first-order chi connectivity index (χ1) is 7.64. The molecule has 3 N–H and O–H groups in total. The minimum atomic E-state index is -0.404. The van der Waals surface area contributed by atoms with Crippen LogP contribution in [0.1, 0.15) is 12.5 Å². The summed E-state index contributed by atoms with van der Waals surface area (Å²) >= 11 is 0. The molecule has 86 valence electrons. The van der Waals surface area contributed by atoms with Crippen LogP contribution in [0.25, 0.3) is 0 Å². The molecule has 2 rings (SSSR count).